The Kier molecular flexibility index (Phi) is 8.34. The molecule has 1 aliphatic rings. The van der Waals surface area contributed by atoms with Crippen LogP contribution in [0.15, 0.2) is 48.5 Å². The topological polar surface area (TPSA) is 131 Å². The van der Waals surface area contributed by atoms with Gasteiger partial charge in [-0.15, -0.1) is 0 Å². The predicted molar refractivity (Wildman–Crippen MR) is 138 cm³/mol. The van der Waals surface area contributed by atoms with Crippen LogP contribution in [0.2, 0.25) is 0 Å². The number of alkyl carbamates (subject to hydrolysis) is 1. The third-order valence-corrected chi connectivity index (χ3v) is 5.49. The molecule has 204 valence electrons. The SMILES string of the molecule is CC(C)(C)OC(=O)CN(C(=O)OC(C)(C)C)C(NC(=O)OCC1c2ccccc2-c2ccccc21)C(=O)O. The summed E-state index contributed by atoms with van der Waals surface area (Å²) in [5.74, 6) is -2.71. The number of nitrogens with zero attached hydrogens (tertiary/aromatic N) is 1. The predicted octanol–water partition coefficient (Wildman–Crippen LogP) is 4.51. The van der Waals surface area contributed by atoms with Gasteiger partial charge in [0.2, 0.25) is 6.17 Å². The molecule has 0 bridgehead atoms. The number of rotatable bonds is 7. The van der Waals surface area contributed by atoms with Crippen LogP contribution in [0.5, 0.6) is 0 Å². The molecule has 10 heteroatoms. The lowest BCUT2D eigenvalue weighted by atomic mass is 9.98. The number of amides is 2. The first-order chi connectivity index (χ1) is 17.7. The lowest BCUT2D eigenvalue weighted by Crippen LogP contribution is -2.58. The van der Waals surface area contributed by atoms with Crippen molar-refractivity contribution in [2.45, 2.75) is 64.8 Å². The molecule has 1 aliphatic carbocycles. The second-order valence-corrected chi connectivity index (χ2v) is 10.9. The molecule has 3 rings (SSSR count). The van der Waals surface area contributed by atoms with E-state index in [2.05, 4.69) is 5.32 Å². The molecule has 1 atom stereocenters. The van der Waals surface area contributed by atoms with Crippen molar-refractivity contribution in [1.82, 2.24) is 10.2 Å². The van der Waals surface area contributed by atoms with E-state index in [9.17, 15) is 24.3 Å². The highest BCUT2D eigenvalue weighted by Crippen LogP contribution is 2.44. The summed E-state index contributed by atoms with van der Waals surface area (Å²) in [6.07, 6.45) is -4.14. The smallest absolute Gasteiger partial charge is 0.412 e. The van der Waals surface area contributed by atoms with Crippen LogP contribution >= 0.6 is 0 Å². The maximum absolute atomic E-state index is 12.9. The van der Waals surface area contributed by atoms with Crippen LogP contribution in [-0.2, 0) is 23.8 Å². The van der Waals surface area contributed by atoms with Crippen LogP contribution in [-0.4, -0.2) is 64.7 Å². The largest absolute Gasteiger partial charge is 0.478 e. The molecule has 0 fully saturated rings. The highest BCUT2D eigenvalue weighted by Gasteiger charge is 2.37. The van der Waals surface area contributed by atoms with Crippen molar-refractivity contribution >= 4 is 24.1 Å². The molecule has 0 spiro atoms. The normalized spacial score (nSPS) is 13.5. The van der Waals surface area contributed by atoms with Crippen LogP contribution in [0.1, 0.15) is 58.6 Å². The van der Waals surface area contributed by atoms with E-state index in [-0.39, 0.29) is 12.5 Å². The average molecular weight is 527 g/mol. The van der Waals surface area contributed by atoms with Gasteiger partial charge in [0.15, 0.2) is 0 Å². The van der Waals surface area contributed by atoms with Gasteiger partial charge >= 0.3 is 24.1 Å². The van der Waals surface area contributed by atoms with E-state index in [1.807, 2.05) is 48.5 Å². The first-order valence-corrected chi connectivity index (χ1v) is 12.2. The molecule has 2 amide bonds. The number of carboxylic acids is 1. The van der Waals surface area contributed by atoms with Gasteiger partial charge in [0.25, 0.3) is 0 Å². The van der Waals surface area contributed by atoms with Crippen molar-refractivity contribution in [2.24, 2.45) is 0 Å². The molecular weight excluding hydrogens is 492 g/mol. The van der Waals surface area contributed by atoms with Crippen molar-refractivity contribution in [3.05, 3.63) is 59.7 Å². The molecule has 0 aliphatic heterocycles. The molecule has 10 nitrogen and oxygen atoms in total. The van der Waals surface area contributed by atoms with Crippen molar-refractivity contribution in [1.29, 1.82) is 0 Å². The molecule has 0 saturated carbocycles. The first-order valence-electron chi connectivity index (χ1n) is 12.2. The number of benzene rings is 2. The number of carbonyl (C=O) groups excluding carboxylic acids is 3. The molecule has 0 radical (unpaired) electrons. The van der Waals surface area contributed by atoms with Crippen LogP contribution in [0, 0.1) is 0 Å². The Balaban J connectivity index is 1.77. The fourth-order valence-corrected chi connectivity index (χ4v) is 4.12. The summed E-state index contributed by atoms with van der Waals surface area (Å²) < 4.78 is 16.0. The van der Waals surface area contributed by atoms with Crippen LogP contribution in [0.3, 0.4) is 0 Å². The van der Waals surface area contributed by atoms with Crippen molar-refractivity contribution < 1.29 is 38.5 Å². The van der Waals surface area contributed by atoms with Crippen molar-refractivity contribution in [3.8, 4) is 11.1 Å². The second-order valence-electron chi connectivity index (χ2n) is 10.9. The van der Waals surface area contributed by atoms with Crippen LogP contribution < -0.4 is 5.32 Å². The highest BCUT2D eigenvalue weighted by atomic mass is 16.6. The van der Waals surface area contributed by atoms with Gasteiger partial charge in [0.05, 0.1) is 0 Å². The average Bonchev–Trinajstić information content (AvgIpc) is 3.11. The summed E-state index contributed by atoms with van der Waals surface area (Å²) in [5.41, 5.74) is 2.17. The van der Waals surface area contributed by atoms with E-state index in [0.717, 1.165) is 22.3 Å². The maximum atomic E-state index is 12.9. The van der Waals surface area contributed by atoms with E-state index in [1.54, 1.807) is 41.5 Å². The number of aliphatic carboxylic acids is 1. The first kappa shape index (κ1) is 28.5. The zero-order valence-corrected chi connectivity index (χ0v) is 22.4. The quantitative estimate of drug-likeness (QED) is 0.306. The Hall–Kier alpha value is -4.08. The molecule has 2 N–H and O–H groups in total. The lowest BCUT2D eigenvalue weighted by molar-refractivity contribution is -0.158. The molecule has 1 unspecified atom stereocenters. The van der Waals surface area contributed by atoms with Gasteiger partial charge < -0.3 is 19.3 Å². The minimum atomic E-state index is -1.95. The van der Waals surface area contributed by atoms with E-state index in [1.165, 1.54) is 0 Å². The zero-order valence-electron chi connectivity index (χ0n) is 22.4. The molecular formula is C28H34N2O8. The summed E-state index contributed by atoms with van der Waals surface area (Å²) >= 11 is 0. The number of fused-ring (bicyclic) bond motifs is 3. The summed E-state index contributed by atoms with van der Waals surface area (Å²) in [6, 6.07) is 15.5. The Labute approximate surface area is 221 Å². The zero-order chi connectivity index (χ0) is 28.3. The fourth-order valence-electron chi connectivity index (χ4n) is 4.12. The molecule has 2 aromatic rings. The lowest BCUT2D eigenvalue weighted by Gasteiger charge is -2.31. The summed E-state index contributed by atoms with van der Waals surface area (Å²) in [5, 5.41) is 12.0. The summed E-state index contributed by atoms with van der Waals surface area (Å²) in [7, 11) is 0. The second kappa shape index (κ2) is 11.1. The van der Waals surface area contributed by atoms with Gasteiger partial charge in [0.1, 0.15) is 24.4 Å². The molecule has 0 aromatic heterocycles. The minimum absolute atomic E-state index is 0.0648. The Morgan fingerprint density at radius 3 is 1.84 bits per heavy atom. The number of carboxylic acid groups (broad SMARTS) is 1. The summed E-state index contributed by atoms with van der Waals surface area (Å²) in [6.45, 7) is 8.82. The van der Waals surface area contributed by atoms with Gasteiger partial charge in [-0.2, -0.15) is 0 Å². The molecule has 0 saturated heterocycles. The van der Waals surface area contributed by atoms with E-state index in [0.29, 0.717) is 4.90 Å². The molecule has 0 heterocycles. The van der Waals surface area contributed by atoms with Gasteiger partial charge in [-0.05, 0) is 63.8 Å². The van der Waals surface area contributed by atoms with Crippen molar-refractivity contribution in [3.63, 3.8) is 0 Å². The van der Waals surface area contributed by atoms with Crippen LogP contribution in [0.4, 0.5) is 9.59 Å². The highest BCUT2D eigenvalue weighted by molar-refractivity contribution is 5.87. The van der Waals surface area contributed by atoms with Gasteiger partial charge in [-0.3, -0.25) is 15.0 Å². The molecule has 38 heavy (non-hydrogen) atoms. The van der Waals surface area contributed by atoms with Crippen molar-refractivity contribution in [2.75, 3.05) is 13.2 Å². The van der Waals surface area contributed by atoms with Gasteiger partial charge in [-0.25, -0.2) is 14.4 Å². The third-order valence-electron chi connectivity index (χ3n) is 5.49. The third kappa shape index (κ3) is 7.24. The van der Waals surface area contributed by atoms with Gasteiger partial charge in [-0.1, -0.05) is 48.5 Å². The number of nitrogens with one attached hydrogen (secondary N) is 1. The summed E-state index contributed by atoms with van der Waals surface area (Å²) in [4.78, 5) is 50.8. The van der Waals surface area contributed by atoms with E-state index in [4.69, 9.17) is 14.2 Å². The van der Waals surface area contributed by atoms with Gasteiger partial charge in [0, 0.05) is 5.92 Å². The molecule has 2 aromatic carbocycles. The Morgan fingerprint density at radius 2 is 1.37 bits per heavy atom. The number of hydrogen-bond donors (Lipinski definition) is 2. The van der Waals surface area contributed by atoms with E-state index < -0.39 is 48.0 Å². The number of ether oxygens (including phenoxy) is 3. The standard InChI is InChI=1S/C28H34N2O8/c1-27(2,3)37-22(31)15-30(26(35)38-28(4,5)6)23(24(32)33)29-25(34)36-16-21-19-13-9-7-11-17(19)18-12-8-10-14-20(18)21/h7-14,21,23H,15-16H2,1-6H3,(H,29,34)(H,32,33). The number of carbonyl (C=O) groups is 4. The van der Waals surface area contributed by atoms with E-state index >= 15 is 0 Å². The fraction of sp³-hybridized carbons (Fsp3) is 0.429. The minimum Gasteiger partial charge on any atom is -0.478 e. The number of hydrogen-bond acceptors (Lipinski definition) is 7. The Morgan fingerprint density at radius 1 is 0.868 bits per heavy atom. The number of esters is 1. The monoisotopic (exact) mass is 526 g/mol. The maximum Gasteiger partial charge on any atom is 0.412 e. The Bertz CT molecular complexity index is 1170. The van der Waals surface area contributed by atoms with Crippen LogP contribution in [0.25, 0.3) is 11.1 Å².